The van der Waals surface area contributed by atoms with E-state index in [1.54, 1.807) is 10.6 Å². The minimum Gasteiger partial charge on any atom is -0.347 e. The maximum absolute atomic E-state index is 11.9. The van der Waals surface area contributed by atoms with E-state index in [0.717, 1.165) is 5.69 Å². The molecule has 0 aliphatic heterocycles. The van der Waals surface area contributed by atoms with Gasteiger partial charge >= 0.3 is 0 Å². The van der Waals surface area contributed by atoms with E-state index < -0.39 is 0 Å². The molecule has 2 aromatic rings. The van der Waals surface area contributed by atoms with Crippen molar-refractivity contribution in [3.05, 3.63) is 35.1 Å². The first kappa shape index (κ1) is 11.9. The molecule has 0 fully saturated rings. The number of hydrogen-bond acceptors (Lipinski definition) is 3. The maximum Gasteiger partial charge on any atom is 0.274 e. The Morgan fingerprint density at radius 2 is 2.29 bits per heavy atom. The lowest BCUT2D eigenvalue weighted by Gasteiger charge is -2.03. The SMILES string of the molecule is CC(C)c1csc(NC(=O)c2cccn2C)n1. The van der Waals surface area contributed by atoms with E-state index in [2.05, 4.69) is 24.1 Å². The van der Waals surface area contributed by atoms with Gasteiger partial charge in [0.05, 0.1) is 5.69 Å². The molecule has 90 valence electrons. The van der Waals surface area contributed by atoms with Crippen LogP contribution in [0, 0.1) is 0 Å². The zero-order valence-corrected chi connectivity index (χ0v) is 10.9. The van der Waals surface area contributed by atoms with Gasteiger partial charge < -0.3 is 4.57 Å². The summed E-state index contributed by atoms with van der Waals surface area (Å²) >= 11 is 1.46. The molecule has 5 heteroatoms. The number of carbonyl (C=O) groups is 1. The molecule has 2 rings (SSSR count). The average Bonchev–Trinajstić information content (AvgIpc) is 2.86. The fourth-order valence-electron chi connectivity index (χ4n) is 1.47. The van der Waals surface area contributed by atoms with Crippen LogP contribution in [-0.4, -0.2) is 15.5 Å². The van der Waals surface area contributed by atoms with Crippen molar-refractivity contribution < 1.29 is 4.79 Å². The quantitative estimate of drug-likeness (QED) is 0.909. The fraction of sp³-hybridized carbons (Fsp3) is 0.333. The van der Waals surface area contributed by atoms with Crippen molar-refractivity contribution in [2.75, 3.05) is 5.32 Å². The van der Waals surface area contributed by atoms with Gasteiger partial charge in [-0.2, -0.15) is 0 Å². The van der Waals surface area contributed by atoms with Gasteiger partial charge in [-0.25, -0.2) is 4.98 Å². The van der Waals surface area contributed by atoms with E-state index in [0.29, 0.717) is 16.7 Å². The van der Waals surface area contributed by atoms with E-state index in [1.807, 2.05) is 24.7 Å². The molecule has 2 heterocycles. The summed E-state index contributed by atoms with van der Waals surface area (Å²) in [5.41, 5.74) is 1.64. The van der Waals surface area contributed by atoms with Crippen molar-refractivity contribution in [3.8, 4) is 0 Å². The Labute approximate surface area is 104 Å². The van der Waals surface area contributed by atoms with Crippen LogP contribution in [0.4, 0.5) is 5.13 Å². The summed E-state index contributed by atoms with van der Waals surface area (Å²) in [6.45, 7) is 4.16. The number of aryl methyl sites for hydroxylation is 1. The van der Waals surface area contributed by atoms with Crippen molar-refractivity contribution in [1.82, 2.24) is 9.55 Å². The van der Waals surface area contributed by atoms with Gasteiger partial charge in [0.2, 0.25) is 0 Å². The molecule has 0 radical (unpaired) electrons. The molecule has 0 saturated carbocycles. The summed E-state index contributed by atoms with van der Waals surface area (Å²) in [5, 5.41) is 5.44. The summed E-state index contributed by atoms with van der Waals surface area (Å²) in [7, 11) is 1.84. The molecule has 1 amide bonds. The number of nitrogens with zero attached hydrogens (tertiary/aromatic N) is 2. The Kier molecular flexibility index (Phi) is 3.28. The van der Waals surface area contributed by atoms with E-state index in [9.17, 15) is 4.79 Å². The van der Waals surface area contributed by atoms with Crippen molar-refractivity contribution in [2.45, 2.75) is 19.8 Å². The number of nitrogens with one attached hydrogen (secondary N) is 1. The van der Waals surface area contributed by atoms with E-state index in [-0.39, 0.29) is 5.91 Å². The van der Waals surface area contributed by atoms with Crippen LogP contribution in [0.5, 0.6) is 0 Å². The highest BCUT2D eigenvalue weighted by molar-refractivity contribution is 7.14. The van der Waals surface area contributed by atoms with Crippen molar-refractivity contribution in [1.29, 1.82) is 0 Å². The van der Waals surface area contributed by atoms with Crippen molar-refractivity contribution >= 4 is 22.4 Å². The van der Waals surface area contributed by atoms with E-state index in [4.69, 9.17) is 0 Å². The molecule has 4 nitrogen and oxygen atoms in total. The molecular formula is C12H15N3OS. The highest BCUT2D eigenvalue weighted by Gasteiger charge is 2.12. The highest BCUT2D eigenvalue weighted by Crippen LogP contribution is 2.21. The zero-order valence-electron chi connectivity index (χ0n) is 10.1. The Morgan fingerprint density at radius 3 is 2.82 bits per heavy atom. The number of amides is 1. The Hall–Kier alpha value is -1.62. The molecule has 0 aromatic carbocycles. The third-order valence-corrected chi connectivity index (χ3v) is 3.29. The zero-order chi connectivity index (χ0) is 12.4. The first-order valence-electron chi connectivity index (χ1n) is 5.46. The Bertz CT molecular complexity index is 527. The van der Waals surface area contributed by atoms with Crippen LogP contribution in [0.2, 0.25) is 0 Å². The number of anilines is 1. The third-order valence-electron chi connectivity index (χ3n) is 2.51. The predicted octanol–water partition coefficient (Wildman–Crippen LogP) is 2.86. The Balaban J connectivity index is 2.11. The molecule has 0 atom stereocenters. The second-order valence-electron chi connectivity index (χ2n) is 4.19. The Morgan fingerprint density at radius 1 is 1.53 bits per heavy atom. The first-order valence-corrected chi connectivity index (χ1v) is 6.34. The van der Waals surface area contributed by atoms with Crippen LogP contribution in [-0.2, 0) is 7.05 Å². The lowest BCUT2D eigenvalue weighted by atomic mass is 10.2. The molecule has 17 heavy (non-hydrogen) atoms. The number of thiazole rings is 1. The predicted molar refractivity (Wildman–Crippen MR) is 69.6 cm³/mol. The van der Waals surface area contributed by atoms with Crippen molar-refractivity contribution in [2.24, 2.45) is 7.05 Å². The number of rotatable bonds is 3. The lowest BCUT2D eigenvalue weighted by Crippen LogP contribution is -2.15. The smallest absolute Gasteiger partial charge is 0.274 e. The average molecular weight is 249 g/mol. The molecule has 1 N–H and O–H groups in total. The second-order valence-corrected chi connectivity index (χ2v) is 5.05. The topological polar surface area (TPSA) is 46.9 Å². The van der Waals surface area contributed by atoms with Crippen LogP contribution in [0.15, 0.2) is 23.7 Å². The molecular weight excluding hydrogens is 234 g/mol. The molecule has 0 unspecified atom stereocenters. The third kappa shape index (κ3) is 2.55. The van der Waals surface area contributed by atoms with Gasteiger partial charge in [0.25, 0.3) is 5.91 Å². The molecule has 0 saturated heterocycles. The summed E-state index contributed by atoms with van der Waals surface area (Å²) in [6.07, 6.45) is 1.84. The number of aromatic nitrogens is 2. The van der Waals surface area contributed by atoms with Gasteiger partial charge in [0.15, 0.2) is 5.13 Å². The van der Waals surface area contributed by atoms with Crippen LogP contribution >= 0.6 is 11.3 Å². The normalized spacial score (nSPS) is 10.8. The van der Waals surface area contributed by atoms with E-state index >= 15 is 0 Å². The second kappa shape index (κ2) is 4.71. The molecule has 0 bridgehead atoms. The number of hydrogen-bond donors (Lipinski definition) is 1. The van der Waals surface area contributed by atoms with Gasteiger partial charge in [0, 0.05) is 18.6 Å². The van der Waals surface area contributed by atoms with Crippen LogP contribution in [0.1, 0.15) is 35.9 Å². The molecule has 0 spiro atoms. The van der Waals surface area contributed by atoms with Crippen LogP contribution in [0.3, 0.4) is 0 Å². The van der Waals surface area contributed by atoms with E-state index in [1.165, 1.54) is 11.3 Å². The summed E-state index contributed by atoms with van der Waals surface area (Å²) < 4.78 is 1.78. The summed E-state index contributed by atoms with van der Waals surface area (Å²) in [6, 6.07) is 3.63. The molecule has 0 aliphatic rings. The summed E-state index contributed by atoms with van der Waals surface area (Å²) in [4.78, 5) is 16.3. The highest BCUT2D eigenvalue weighted by atomic mass is 32.1. The van der Waals surface area contributed by atoms with Gasteiger partial charge in [-0.05, 0) is 18.1 Å². The molecule has 2 aromatic heterocycles. The van der Waals surface area contributed by atoms with Gasteiger partial charge in [0.1, 0.15) is 5.69 Å². The maximum atomic E-state index is 11.9. The summed E-state index contributed by atoms with van der Waals surface area (Å²) in [5.74, 6) is 0.258. The lowest BCUT2D eigenvalue weighted by molar-refractivity contribution is 0.101. The van der Waals surface area contributed by atoms with Gasteiger partial charge in [-0.3, -0.25) is 10.1 Å². The standard InChI is InChI=1S/C12H15N3OS/c1-8(2)9-7-17-12(13-9)14-11(16)10-5-4-6-15(10)3/h4-8H,1-3H3,(H,13,14,16). The van der Waals surface area contributed by atoms with Crippen LogP contribution < -0.4 is 5.32 Å². The largest absolute Gasteiger partial charge is 0.347 e. The monoisotopic (exact) mass is 249 g/mol. The minimum atomic E-state index is -0.123. The van der Waals surface area contributed by atoms with Crippen molar-refractivity contribution in [3.63, 3.8) is 0 Å². The van der Waals surface area contributed by atoms with Crippen LogP contribution in [0.25, 0.3) is 0 Å². The van der Waals surface area contributed by atoms with Gasteiger partial charge in [-0.1, -0.05) is 13.8 Å². The fourth-order valence-corrected chi connectivity index (χ4v) is 2.33. The first-order chi connectivity index (χ1) is 8.08. The molecule has 0 aliphatic carbocycles. The van der Waals surface area contributed by atoms with Gasteiger partial charge in [-0.15, -0.1) is 11.3 Å². The number of carbonyl (C=O) groups excluding carboxylic acids is 1. The minimum absolute atomic E-state index is 0.123.